The fourth-order valence-electron chi connectivity index (χ4n) is 3.22. The van der Waals surface area contributed by atoms with Crippen molar-refractivity contribution in [2.75, 3.05) is 13.1 Å². The second-order valence-corrected chi connectivity index (χ2v) is 8.93. The molecular weight excluding hydrogens is 374 g/mol. The van der Waals surface area contributed by atoms with Gasteiger partial charge in [-0.05, 0) is 39.3 Å². The normalized spacial score (nSPS) is 15.5. The molecule has 0 radical (unpaired) electrons. The summed E-state index contributed by atoms with van der Waals surface area (Å²) < 4.78 is 11.8. The molecular formula is C21H29N3O3S. The minimum atomic E-state index is -0.477. The zero-order valence-electron chi connectivity index (χ0n) is 17.0. The van der Waals surface area contributed by atoms with E-state index in [0.29, 0.717) is 19.6 Å². The summed E-state index contributed by atoms with van der Waals surface area (Å²) in [7, 11) is 0. The van der Waals surface area contributed by atoms with Crippen LogP contribution < -0.4 is 10.5 Å². The molecule has 1 amide bonds. The van der Waals surface area contributed by atoms with Crippen molar-refractivity contribution < 1.29 is 14.3 Å². The van der Waals surface area contributed by atoms with Crippen LogP contribution in [0.25, 0.3) is 10.4 Å². The molecule has 152 valence electrons. The van der Waals surface area contributed by atoms with Crippen molar-refractivity contribution in [2.24, 2.45) is 5.73 Å². The highest BCUT2D eigenvalue weighted by molar-refractivity contribution is 7.13. The topological polar surface area (TPSA) is 77.7 Å². The number of aromatic nitrogens is 1. The van der Waals surface area contributed by atoms with Crippen molar-refractivity contribution in [3.05, 3.63) is 35.0 Å². The molecule has 0 saturated carbocycles. The van der Waals surface area contributed by atoms with Gasteiger partial charge in [0.05, 0.1) is 16.1 Å². The van der Waals surface area contributed by atoms with E-state index in [2.05, 4.69) is 17.1 Å². The highest BCUT2D eigenvalue weighted by Crippen LogP contribution is 2.33. The van der Waals surface area contributed by atoms with E-state index in [-0.39, 0.29) is 12.2 Å². The van der Waals surface area contributed by atoms with Crippen molar-refractivity contribution in [3.8, 4) is 16.2 Å². The lowest BCUT2D eigenvalue weighted by molar-refractivity contribution is 0.0126. The van der Waals surface area contributed by atoms with Gasteiger partial charge in [0.1, 0.15) is 17.5 Å². The zero-order valence-corrected chi connectivity index (χ0v) is 17.8. The maximum absolute atomic E-state index is 12.2. The highest BCUT2D eigenvalue weighted by atomic mass is 32.1. The molecule has 28 heavy (non-hydrogen) atoms. The third kappa shape index (κ3) is 5.02. The van der Waals surface area contributed by atoms with E-state index >= 15 is 0 Å². The average Bonchev–Trinajstić information content (AvgIpc) is 3.07. The summed E-state index contributed by atoms with van der Waals surface area (Å²) in [6.07, 6.45) is 1.35. The summed E-state index contributed by atoms with van der Waals surface area (Å²) in [4.78, 5) is 19.5. The van der Waals surface area contributed by atoms with Gasteiger partial charge < -0.3 is 20.1 Å². The third-order valence-electron chi connectivity index (χ3n) is 4.68. The van der Waals surface area contributed by atoms with E-state index in [1.54, 1.807) is 16.2 Å². The number of likely N-dealkylation sites (tertiary alicyclic amines) is 1. The first kappa shape index (κ1) is 20.6. The second-order valence-electron chi connectivity index (χ2n) is 8.08. The first-order valence-electron chi connectivity index (χ1n) is 9.65. The molecule has 0 atom stereocenters. The molecule has 1 fully saturated rings. The van der Waals surface area contributed by atoms with Gasteiger partial charge in [0.2, 0.25) is 0 Å². The monoisotopic (exact) mass is 403 g/mol. The lowest BCUT2D eigenvalue weighted by Gasteiger charge is -2.33. The van der Waals surface area contributed by atoms with Crippen LogP contribution in [-0.4, -0.2) is 40.8 Å². The largest absolute Gasteiger partial charge is 0.490 e. The minimum absolute atomic E-state index is 0.0572. The Kier molecular flexibility index (Phi) is 6.25. The molecule has 0 bridgehead atoms. The maximum atomic E-state index is 12.2. The van der Waals surface area contributed by atoms with Crippen molar-refractivity contribution in [3.63, 3.8) is 0 Å². The SMILES string of the molecule is Cc1ncsc1-c1ccc(CN)c(OC2CCN(C(=O)OC(C)(C)C)CC2)c1. The number of benzene rings is 1. The van der Waals surface area contributed by atoms with Crippen LogP contribution in [0.1, 0.15) is 44.9 Å². The van der Waals surface area contributed by atoms with Crippen LogP contribution in [0, 0.1) is 6.92 Å². The number of nitrogens with zero attached hydrogens (tertiary/aromatic N) is 2. The van der Waals surface area contributed by atoms with E-state index < -0.39 is 5.60 Å². The first-order valence-corrected chi connectivity index (χ1v) is 10.5. The molecule has 0 aliphatic carbocycles. The molecule has 3 rings (SSSR count). The molecule has 1 aromatic heterocycles. The minimum Gasteiger partial charge on any atom is -0.490 e. The second kappa shape index (κ2) is 8.49. The molecule has 1 aliphatic rings. The Morgan fingerprint density at radius 1 is 1.32 bits per heavy atom. The molecule has 2 N–H and O–H groups in total. The van der Waals surface area contributed by atoms with E-state index in [1.807, 2.05) is 39.3 Å². The molecule has 2 heterocycles. The van der Waals surface area contributed by atoms with E-state index in [0.717, 1.165) is 40.3 Å². The van der Waals surface area contributed by atoms with Gasteiger partial charge in [0.15, 0.2) is 0 Å². The average molecular weight is 404 g/mol. The van der Waals surface area contributed by atoms with Gasteiger partial charge >= 0.3 is 6.09 Å². The molecule has 7 heteroatoms. The Hall–Kier alpha value is -2.12. The first-order chi connectivity index (χ1) is 13.3. The number of carbonyl (C=O) groups excluding carboxylic acids is 1. The Morgan fingerprint density at radius 2 is 2.04 bits per heavy atom. The Balaban J connectivity index is 1.66. The number of thiazole rings is 1. The molecule has 0 unspecified atom stereocenters. The number of aryl methyl sites for hydroxylation is 1. The fraction of sp³-hybridized carbons (Fsp3) is 0.524. The van der Waals surface area contributed by atoms with Crippen LogP contribution in [0.3, 0.4) is 0 Å². The molecule has 6 nitrogen and oxygen atoms in total. The summed E-state index contributed by atoms with van der Waals surface area (Å²) in [6.45, 7) is 9.34. The van der Waals surface area contributed by atoms with Crippen LogP contribution >= 0.6 is 11.3 Å². The van der Waals surface area contributed by atoms with Gasteiger partial charge in [-0.25, -0.2) is 9.78 Å². The third-order valence-corrected chi connectivity index (χ3v) is 5.66. The van der Waals surface area contributed by atoms with Crippen molar-refractivity contribution in [1.82, 2.24) is 9.88 Å². The molecule has 1 saturated heterocycles. The Bertz CT molecular complexity index is 821. The van der Waals surface area contributed by atoms with Gasteiger partial charge in [0.25, 0.3) is 0 Å². The number of rotatable bonds is 4. The summed E-state index contributed by atoms with van der Waals surface area (Å²) >= 11 is 1.62. The summed E-state index contributed by atoms with van der Waals surface area (Å²) in [5, 5.41) is 0. The standard InChI is InChI=1S/C21H29N3O3S/c1-14-19(28-13-23-14)15-5-6-16(12-22)18(11-15)26-17-7-9-24(10-8-17)20(25)27-21(2,3)4/h5-6,11,13,17H,7-10,12,22H2,1-4H3. The number of hydrogen-bond acceptors (Lipinski definition) is 6. The zero-order chi connectivity index (χ0) is 20.3. The predicted octanol–water partition coefficient (Wildman–Crippen LogP) is 4.36. The highest BCUT2D eigenvalue weighted by Gasteiger charge is 2.28. The van der Waals surface area contributed by atoms with Gasteiger partial charge in [-0.3, -0.25) is 0 Å². The number of amides is 1. The lowest BCUT2D eigenvalue weighted by atomic mass is 10.1. The number of hydrogen-bond donors (Lipinski definition) is 1. The van der Waals surface area contributed by atoms with Crippen molar-refractivity contribution in [2.45, 2.75) is 58.8 Å². The fourth-order valence-corrected chi connectivity index (χ4v) is 4.02. The number of nitrogens with two attached hydrogens (primary N) is 1. The number of piperidine rings is 1. The lowest BCUT2D eigenvalue weighted by Crippen LogP contribution is -2.44. The van der Waals surface area contributed by atoms with E-state index in [4.69, 9.17) is 15.2 Å². The van der Waals surface area contributed by atoms with Gasteiger partial charge in [-0.2, -0.15) is 0 Å². The summed E-state index contributed by atoms with van der Waals surface area (Å²) in [5.41, 5.74) is 10.4. The van der Waals surface area contributed by atoms with Crippen LogP contribution in [-0.2, 0) is 11.3 Å². The summed E-state index contributed by atoms with van der Waals surface area (Å²) in [6, 6.07) is 6.16. The van der Waals surface area contributed by atoms with E-state index in [1.165, 1.54) is 0 Å². The number of ether oxygens (including phenoxy) is 2. The Morgan fingerprint density at radius 3 is 2.61 bits per heavy atom. The molecule has 1 aliphatic heterocycles. The van der Waals surface area contributed by atoms with Crippen molar-refractivity contribution in [1.29, 1.82) is 0 Å². The Labute approximate surface area is 170 Å². The van der Waals surface area contributed by atoms with Gasteiger partial charge in [-0.15, -0.1) is 11.3 Å². The maximum Gasteiger partial charge on any atom is 0.410 e. The van der Waals surface area contributed by atoms with E-state index in [9.17, 15) is 4.79 Å². The smallest absolute Gasteiger partial charge is 0.410 e. The van der Waals surface area contributed by atoms with Crippen LogP contribution in [0.5, 0.6) is 5.75 Å². The number of carbonyl (C=O) groups is 1. The van der Waals surface area contributed by atoms with Gasteiger partial charge in [0, 0.05) is 38.0 Å². The molecule has 2 aromatic rings. The van der Waals surface area contributed by atoms with Gasteiger partial charge in [-0.1, -0.05) is 12.1 Å². The van der Waals surface area contributed by atoms with Crippen LogP contribution in [0.15, 0.2) is 23.7 Å². The van der Waals surface area contributed by atoms with Crippen LogP contribution in [0.2, 0.25) is 0 Å². The molecule has 0 spiro atoms. The molecule has 1 aromatic carbocycles. The van der Waals surface area contributed by atoms with Crippen LogP contribution in [0.4, 0.5) is 4.79 Å². The quantitative estimate of drug-likeness (QED) is 0.821. The van der Waals surface area contributed by atoms with Crippen molar-refractivity contribution >= 4 is 17.4 Å². The summed E-state index contributed by atoms with van der Waals surface area (Å²) in [5.74, 6) is 0.823. The predicted molar refractivity (Wildman–Crippen MR) is 112 cm³/mol.